The standard InChI is InChI=1S/C8H15NO4/c1-5(9-11)3-8-12-6(2)4-7(10)13-8/h5-8,10H,3-4H2,1-2H3. The van der Waals surface area contributed by atoms with Gasteiger partial charge in [0.05, 0.1) is 12.1 Å². The second-order valence-corrected chi connectivity index (χ2v) is 3.39. The number of rotatable bonds is 3. The van der Waals surface area contributed by atoms with Gasteiger partial charge in [0.25, 0.3) is 0 Å². The van der Waals surface area contributed by atoms with Gasteiger partial charge in [-0.1, -0.05) is 5.18 Å². The van der Waals surface area contributed by atoms with Gasteiger partial charge in [-0.2, -0.15) is 4.91 Å². The number of aliphatic hydroxyl groups is 1. The van der Waals surface area contributed by atoms with E-state index in [0.29, 0.717) is 12.8 Å². The van der Waals surface area contributed by atoms with E-state index >= 15 is 0 Å². The number of aliphatic hydroxyl groups excluding tert-OH is 1. The second-order valence-electron chi connectivity index (χ2n) is 3.39. The molecule has 0 bridgehead atoms. The lowest BCUT2D eigenvalue weighted by Gasteiger charge is -2.31. The average molecular weight is 189 g/mol. The molecule has 0 aromatic heterocycles. The van der Waals surface area contributed by atoms with E-state index in [9.17, 15) is 10.0 Å². The van der Waals surface area contributed by atoms with Gasteiger partial charge in [-0.3, -0.25) is 0 Å². The quantitative estimate of drug-likeness (QED) is 0.672. The van der Waals surface area contributed by atoms with Gasteiger partial charge in [0.2, 0.25) is 0 Å². The van der Waals surface area contributed by atoms with E-state index in [1.165, 1.54) is 0 Å². The molecule has 5 heteroatoms. The first kappa shape index (κ1) is 10.6. The molecule has 1 fully saturated rings. The molecule has 0 aromatic carbocycles. The monoisotopic (exact) mass is 189 g/mol. The van der Waals surface area contributed by atoms with E-state index in [4.69, 9.17) is 9.47 Å². The smallest absolute Gasteiger partial charge is 0.163 e. The summed E-state index contributed by atoms with van der Waals surface area (Å²) in [5.74, 6) is 0. The van der Waals surface area contributed by atoms with Crippen molar-refractivity contribution < 1.29 is 14.6 Å². The third-order valence-electron chi connectivity index (χ3n) is 1.94. The molecule has 0 amide bonds. The van der Waals surface area contributed by atoms with Crippen LogP contribution >= 0.6 is 0 Å². The highest BCUT2D eigenvalue weighted by Crippen LogP contribution is 2.20. The van der Waals surface area contributed by atoms with Crippen molar-refractivity contribution in [3.05, 3.63) is 4.91 Å². The van der Waals surface area contributed by atoms with Crippen molar-refractivity contribution in [1.82, 2.24) is 0 Å². The van der Waals surface area contributed by atoms with Crippen LogP contribution in [-0.4, -0.2) is 29.8 Å². The maximum Gasteiger partial charge on any atom is 0.163 e. The number of nitrogens with zero attached hydrogens (tertiary/aromatic N) is 1. The Morgan fingerprint density at radius 2 is 2.31 bits per heavy atom. The maximum absolute atomic E-state index is 10.1. The predicted molar refractivity (Wildman–Crippen MR) is 45.9 cm³/mol. The minimum absolute atomic E-state index is 0.0346. The molecule has 13 heavy (non-hydrogen) atoms. The van der Waals surface area contributed by atoms with Crippen molar-refractivity contribution in [3.63, 3.8) is 0 Å². The van der Waals surface area contributed by atoms with Crippen molar-refractivity contribution >= 4 is 0 Å². The Balaban J connectivity index is 2.36. The maximum atomic E-state index is 10.1. The lowest BCUT2D eigenvalue weighted by molar-refractivity contribution is -0.292. The van der Waals surface area contributed by atoms with Gasteiger partial charge in [0, 0.05) is 12.8 Å². The molecular weight excluding hydrogens is 174 g/mol. The zero-order valence-corrected chi connectivity index (χ0v) is 7.84. The topological polar surface area (TPSA) is 68.1 Å². The number of nitroso groups, excluding NO2 is 1. The van der Waals surface area contributed by atoms with E-state index in [1.807, 2.05) is 6.92 Å². The summed E-state index contributed by atoms with van der Waals surface area (Å²) in [6.07, 6.45) is -0.462. The minimum Gasteiger partial charge on any atom is -0.368 e. The fourth-order valence-corrected chi connectivity index (χ4v) is 1.29. The zero-order chi connectivity index (χ0) is 9.84. The molecule has 1 aliphatic heterocycles. The van der Waals surface area contributed by atoms with Crippen LogP contribution in [0.2, 0.25) is 0 Å². The lowest BCUT2D eigenvalue weighted by atomic mass is 10.2. The van der Waals surface area contributed by atoms with E-state index in [-0.39, 0.29) is 12.1 Å². The van der Waals surface area contributed by atoms with Crippen LogP contribution < -0.4 is 0 Å². The molecule has 0 aromatic rings. The van der Waals surface area contributed by atoms with Gasteiger partial charge in [0.1, 0.15) is 0 Å². The van der Waals surface area contributed by atoms with Gasteiger partial charge in [-0.05, 0) is 13.8 Å². The van der Waals surface area contributed by atoms with Gasteiger partial charge in [-0.25, -0.2) is 0 Å². The predicted octanol–water partition coefficient (Wildman–Crippen LogP) is 1.00. The third-order valence-corrected chi connectivity index (χ3v) is 1.94. The summed E-state index contributed by atoms with van der Waals surface area (Å²) in [5.41, 5.74) is 0. The lowest BCUT2D eigenvalue weighted by Crippen LogP contribution is -2.38. The molecule has 0 aliphatic carbocycles. The largest absolute Gasteiger partial charge is 0.368 e. The summed E-state index contributed by atoms with van der Waals surface area (Å²) < 4.78 is 10.4. The molecule has 0 spiro atoms. The summed E-state index contributed by atoms with van der Waals surface area (Å²) in [4.78, 5) is 10.1. The fourth-order valence-electron chi connectivity index (χ4n) is 1.29. The van der Waals surface area contributed by atoms with E-state index in [0.717, 1.165) is 0 Å². The molecule has 1 saturated heterocycles. The van der Waals surface area contributed by atoms with Gasteiger partial charge < -0.3 is 14.6 Å². The Hall–Kier alpha value is -0.520. The van der Waals surface area contributed by atoms with Crippen LogP contribution in [0.5, 0.6) is 0 Å². The molecular formula is C8H15NO4. The molecule has 76 valence electrons. The van der Waals surface area contributed by atoms with Crippen LogP contribution in [0.25, 0.3) is 0 Å². The van der Waals surface area contributed by atoms with Crippen molar-refractivity contribution in [2.75, 3.05) is 0 Å². The molecule has 1 N–H and O–H groups in total. The summed E-state index contributed by atoms with van der Waals surface area (Å²) in [5, 5.41) is 12.1. The summed E-state index contributed by atoms with van der Waals surface area (Å²) >= 11 is 0. The molecule has 4 atom stereocenters. The Morgan fingerprint density at radius 3 is 2.85 bits per heavy atom. The van der Waals surface area contributed by atoms with Crippen molar-refractivity contribution in [3.8, 4) is 0 Å². The first-order chi connectivity index (χ1) is 6.11. The third kappa shape index (κ3) is 3.38. The Morgan fingerprint density at radius 1 is 1.62 bits per heavy atom. The SMILES string of the molecule is CC(CC1OC(C)CC(O)O1)N=O. The Kier molecular flexibility index (Phi) is 3.77. The summed E-state index contributed by atoms with van der Waals surface area (Å²) in [6, 6.07) is -0.345. The number of hydrogen-bond acceptors (Lipinski definition) is 5. The van der Waals surface area contributed by atoms with Crippen LogP contribution in [0.1, 0.15) is 26.7 Å². The molecule has 4 unspecified atom stereocenters. The second kappa shape index (κ2) is 4.64. The average Bonchev–Trinajstić information content (AvgIpc) is 2.02. The Labute approximate surface area is 77.0 Å². The number of hydrogen-bond donors (Lipinski definition) is 1. The minimum atomic E-state index is -0.785. The van der Waals surface area contributed by atoms with Gasteiger partial charge >= 0.3 is 0 Å². The van der Waals surface area contributed by atoms with E-state index < -0.39 is 12.6 Å². The van der Waals surface area contributed by atoms with Crippen molar-refractivity contribution in [2.45, 2.75) is 51.4 Å². The van der Waals surface area contributed by atoms with E-state index in [1.54, 1.807) is 6.92 Å². The molecule has 0 radical (unpaired) electrons. The highest BCUT2D eigenvalue weighted by Gasteiger charge is 2.27. The van der Waals surface area contributed by atoms with Crippen LogP contribution in [0, 0.1) is 4.91 Å². The van der Waals surface area contributed by atoms with Crippen LogP contribution in [0.3, 0.4) is 0 Å². The highest BCUT2D eigenvalue weighted by molar-refractivity contribution is 4.67. The molecule has 0 saturated carbocycles. The first-order valence-electron chi connectivity index (χ1n) is 4.43. The Bertz CT molecular complexity index is 166. The fraction of sp³-hybridized carbons (Fsp3) is 1.00. The molecule has 1 heterocycles. The van der Waals surface area contributed by atoms with Crippen molar-refractivity contribution in [2.24, 2.45) is 5.18 Å². The zero-order valence-electron chi connectivity index (χ0n) is 7.84. The summed E-state index contributed by atoms with van der Waals surface area (Å²) in [6.45, 7) is 3.54. The normalized spacial score (nSPS) is 37.0. The van der Waals surface area contributed by atoms with E-state index in [2.05, 4.69) is 5.18 Å². The van der Waals surface area contributed by atoms with Crippen LogP contribution in [0.15, 0.2) is 5.18 Å². The first-order valence-corrected chi connectivity index (χ1v) is 4.43. The van der Waals surface area contributed by atoms with Crippen molar-refractivity contribution in [1.29, 1.82) is 0 Å². The number of ether oxygens (including phenoxy) is 2. The molecule has 1 aliphatic rings. The van der Waals surface area contributed by atoms with Crippen LogP contribution in [-0.2, 0) is 9.47 Å². The van der Waals surface area contributed by atoms with Crippen LogP contribution in [0.4, 0.5) is 0 Å². The molecule has 5 nitrogen and oxygen atoms in total. The highest BCUT2D eigenvalue weighted by atomic mass is 16.7. The van der Waals surface area contributed by atoms with Gasteiger partial charge in [-0.15, -0.1) is 0 Å². The summed E-state index contributed by atoms with van der Waals surface area (Å²) in [7, 11) is 0. The van der Waals surface area contributed by atoms with Gasteiger partial charge in [0.15, 0.2) is 12.6 Å². The molecule has 1 rings (SSSR count).